The fourth-order valence-electron chi connectivity index (χ4n) is 3.05. The maximum Gasteiger partial charge on any atom is 0.138 e. The van der Waals surface area contributed by atoms with Gasteiger partial charge in [-0.1, -0.05) is 39.8 Å². The summed E-state index contributed by atoms with van der Waals surface area (Å²) < 4.78 is 12.3. The summed E-state index contributed by atoms with van der Waals surface area (Å²) in [4.78, 5) is 11.5. The molecule has 0 spiro atoms. The normalized spacial score (nSPS) is 32.8. The van der Waals surface area contributed by atoms with E-state index in [-0.39, 0.29) is 18.1 Å². The number of rotatable bonds is 8. The third kappa shape index (κ3) is 4.29. The maximum atomic E-state index is 11.5. The van der Waals surface area contributed by atoms with E-state index in [2.05, 4.69) is 25.9 Å². The van der Waals surface area contributed by atoms with Gasteiger partial charge in [0.2, 0.25) is 0 Å². The lowest BCUT2D eigenvalue weighted by Crippen LogP contribution is -2.66. The molecule has 0 radical (unpaired) electrons. The van der Waals surface area contributed by atoms with E-state index >= 15 is 0 Å². The van der Waals surface area contributed by atoms with Crippen molar-refractivity contribution in [3.63, 3.8) is 0 Å². The minimum absolute atomic E-state index is 0.209. The van der Waals surface area contributed by atoms with Crippen LogP contribution in [0.3, 0.4) is 0 Å². The van der Waals surface area contributed by atoms with Crippen LogP contribution in [0.1, 0.15) is 60.8 Å². The molecule has 5 unspecified atom stereocenters. The SMILES string of the molecule is CCC(C)(CC)OC1C(CO)OC(C(C)(C)CC)C(N)C1N=O. The topological polar surface area (TPSA) is 94.1 Å². The van der Waals surface area contributed by atoms with E-state index in [1.807, 2.05) is 20.8 Å². The number of nitrogens with zero attached hydrogens (tertiary/aromatic N) is 1. The van der Waals surface area contributed by atoms with Crippen molar-refractivity contribution in [1.82, 2.24) is 0 Å². The highest BCUT2D eigenvalue weighted by Gasteiger charge is 2.51. The van der Waals surface area contributed by atoms with Gasteiger partial charge in [0.15, 0.2) is 0 Å². The third-order valence-corrected chi connectivity index (χ3v) is 5.67. The van der Waals surface area contributed by atoms with Crippen LogP contribution in [0, 0.1) is 10.3 Å². The standard InChI is InChI=1S/C17H34N2O4/c1-7-16(4,5)15-12(18)13(19-21)14(11(10-20)22-15)23-17(6,8-2)9-3/h11-15,20H,7-10,18H2,1-6H3. The average molecular weight is 330 g/mol. The van der Waals surface area contributed by atoms with Crippen LogP contribution < -0.4 is 5.73 Å². The molecule has 0 aromatic carbocycles. The molecule has 3 N–H and O–H groups in total. The third-order valence-electron chi connectivity index (χ3n) is 5.67. The van der Waals surface area contributed by atoms with Gasteiger partial charge in [-0.25, -0.2) is 0 Å². The van der Waals surface area contributed by atoms with Crippen LogP contribution in [0.2, 0.25) is 0 Å². The Bertz CT molecular complexity index is 385. The van der Waals surface area contributed by atoms with E-state index in [1.165, 1.54) is 0 Å². The van der Waals surface area contributed by atoms with Gasteiger partial charge in [-0.3, -0.25) is 0 Å². The Hall–Kier alpha value is -0.560. The Labute approximate surface area is 140 Å². The first-order valence-electron chi connectivity index (χ1n) is 8.71. The number of nitrogens with two attached hydrogens (primary N) is 1. The molecule has 1 saturated heterocycles. The van der Waals surface area contributed by atoms with Crippen molar-refractivity contribution in [3.05, 3.63) is 4.91 Å². The quantitative estimate of drug-likeness (QED) is 0.667. The van der Waals surface area contributed by atoms with Crippen molar-refractivity contribution in [2.75, 3.05) is 6.61 Å². The first-order chi connectivity index (χ1) is 10.7. The molecular formula is C17H34N2O4. The minimum Gasteiger partial charge on any atom is -0.394 e. The summed E-state index contributed by atoms with van der Waals surface area (Å²) in [6.07, 6.45) is 0.877. The minimum atomic E-state index is -0.728. The molecule has 0 saturated carbocycles. The van der Waals surface area contributed by atoms with Crippen LogP contribution in [0.5, 0.6) is 0 Å². The highest BCUT2D eigenvalue weighted by Crippen LogP contribution is 2.38. The maximum absolute atomic E-state index is 11.5. The van der Waals surface area contributed by atoms with Gasteiger partial charge in [-0.15, -0.1) is 0 Å². The summed E-state index contributed by atoms with van der Waals surface area (Å²) in [5, 5.41) is 13.0. The number of nitroso groups, excluding NO2 is 1. The first-order valence-corrected chi connectivity index (χ1v) is 8.71. The van der Waals surface area contributed by atoms with Crippen LogP contribution in [0.15, 0.2) is 5.18 Å². The van der Waals surface area contributed by atoms with Crippen LogP contribution in [0.4, 0.5) is 0 Å². The number of aliphatic hydroxyl groups is 1. The fourth-order valence-corrected chi connectivity index (χ4v) is 3.05. The molecule has 5 atom stereocenters. The summed E-state index contributed by atoms with van der Waals surface area (Å²) in [6, 6.07) is -1.28. The predicted molar refractivity (Wildman–Crippen MR) is 91.2 cm³/mol. The van der Waals surface area contributed by atoms with E-state index in [0.29, 0.717) is 0 Å². The molecule has 6 nitrogen and oxygen atoms in total. The molecule has 0 bridgehead atoms. The van der Waals surface area contributed by atoms with Gasteiger partial charge in [0.25, 0.3) is 0 Å². The Morgan fingerprint density at radius 1 is 1.17 bits per heavy atom. The lowest BCUT2D eigenvalue weighted by Gasteiger charge is -2.49. The lowest BCUT2D eigenvalue weighted by molar-refractivity contribution is -0.224. The van der Waals surface area contributed by atoms with Crippen LogP contribution in [0.25, 0.3) is 0 Å². The molecule has 1 aliphatic rings. The van der Waals surface area contributed by atoms with Gasteiger partial charge in [0.1, 0.15) is 18.2 Å². The molecule has 23 heavy (non-hydrogen) atoms. The molecule has 6 heteroatoms. The highest BCUT2D eigenvalue weighted by molar-refractivity contribution is 5.04. The molecule has 0 amide bonds. The second kappa shape index (κ2) is 8.01. The van der Waals surface area contributed by atoms with Gasteiger partial charge in [-0.05, 0) is 31.6 Å². The molecule has 1 fully saturated rings. The van der Waals surface area contributed by atoms with Crippen molar-refractivity contribution < 1.29 is 14.6 Å². The molecular weight excluding hydrogens is 296 g/mol. The number of aliphatic hydroxyl groups excluding tert-OH is 1. The van der Waals surface area contributed by atoms with Crippen molar-refractivity contribution in [2.45, 2.75) is 96.8 Å². The summed E-state index contributed by atoms with van der Waals surface area (Å²) in [5.74, 6) is 0. The zero-order valence-corrected chi connectivity index (χ0v) is 15.4. The van der Waals surface area contributed by atoms with Crippen molar-refractivity contribution in [1.29, 1.82) is 0 Å². The summed E-state index contributed by atoms with van der Waals surface area (Å²) >= 11 is 0. The molecule has 0 aromatic rings. The Balaban J connectivity index is 3.11. The fraction of sp³-hybridized carbons (Fsp3) is 1.00. The van der Waals surface area contributed by atoms with Crippen molar-refractivity contribution in [3.8, 4) is 0 Å². The van der Waals surface area contributed by atoms with E-state index in [9.17, 15) is 10.0 Å². The zero-order valence-electron chi connectivity index (χ0n) is 15.4. The number of hydrogen-bond donors (Lipinski definition) is 2. The summed E-state index contributed by atoms with van der Waals surface area (Å²) in [7, 11) is 0. The summed E-state index contributed by atoms with van der Waals surface area (Å²) in [5.41, 5.74) is 5.72. The second-order valence-corrected chi connectivity index (χ2v) is 7.53. The van der Waals surface area contributed by atoms with Crippen molar-refractivity contribution >= 4 is 0 Å². The van der Waals surface area contributed by atoms with E-state index < -0.39 is 29.9 Å². The second-order valence-electron chi connectivity index (χ2n) is 7.53. The Morgan fingerprint density at radius 2 is 1.74 bits per heavy atom. The van der Waals surface area contributed by atoms with E-state index in [4.69, 9.17) is 15.2 Å². The first kappa shape index (κ1) is 20.5. The van der Waals surface area contributed by atoms with E-state index in [1.54, 1.807) is 0 Å². The van der Waals surface area contributed by atoms with Gasteiger partial charge < -0.3 is 20.3 Å². The van der Waals surface area contributed by atoms with Gasteiger partial charge >= 0.3 is 0 Å². The van der Waals surface area contributed by atoms with Gasteiger partial charge in [0, 0.05) is 0 Å². The molecule has 1 aliphatic heterocycles. The monoisotopic (exact) mass is 330 g/mol. The Morgan fingerprint density at radius 3 is 2.13 bits per heavy atom. The lowest BCUT2D eigenvalue weighted by atomic mass is 9.75. The number of hydrogen-bond acceptors (Lipinski definition) is 6. The Kier molecular flexibility index (Phi) is 7.13. The molecule has 1 heterocycles. The molecule has 0 aromatic heterocycles. The van der Waals surface area contributed by atoms with Crippen LogP contribution in [-0.2, 0) is 9.47 Å². The van der Waals surface area contributed by atoms with Crippen LogP contribution in [-0.4, -0.2) is 47.7 Å². The molecule has 0 aliphatic carbocycles. The summed E-state index contributed by atoms with van der Waals surface area (Å²) in [6.45, 7) is 12.0. The van der Waals surface area contributed by atoms with Gasteiger partial charge in [0.05, 0.1) is 24.4 Å². The molecule has 136 valence electrons. The highest BCUT2D eigenvalue weighted by atomic mass is 16.6. The smallest absolute Gasteiger partial charge is 0.138 e. The van der Waals surface area contributed by atoms with E-state index in [0.717, 1.165) is 19.3 Å². The zero-order chi connectivity index (χ0) is 17.8. The number of ether oxygens (including phenoxy) is 2. The van der Waals surface area contributed by atoms with Crippen LogP contribution >= 0.6 is 0 Å². The average Bonchev–Trinajstić information content (AvgIpc) is 2.54. The largest absolute Gasteiger partial charge is 0.394 e. The van der Waals surface area contributed by atoms with Gasteiger partial charge in [-0.2, -0.15) is 4.91 Å². The predicted octanol–water partition coefficient (Wildman–Crippen LogP) is 2.61. The molecule has 1 rings (SSSR count). The van der Waals surface area contributed by atoms with Crippen molar-refractivity contribution in [2.24, 2.45) is 16.3 Å².